The van der Waals surface area contributed by atoms with Gasteiger partial charge in [0.25, 0.3) is 5.91 Å². The lowest BCUT2D eigenvalue weighted by Gasteiger charge is -2.08. The fourth-order valence-corrected chi connectivity index (χ4v) is 2.74. The number of hydrogen-bond acceptors (Lipinski definition) is 5. The molecule has 7 heteroatoms. The molecule has 1 heterocycles. The number of carbonyl (C=O) groups excluding carboxylic acids is 1. The largest absolute Gasteiger partial charge is 0.508 e. The molecule has 0 saturated carbocycles. The Morgan fingerprint density at radius 1 is 1.19 bits per heavy atom. The Morgan fingerprint density at radius 3 is 2.74 bits per heavy atom. The first kappa shape index (κ1) is 18.6. The molecule has 0 radical (unpaired) electrons. The van der Waals surface area contributed by atoms with E-state index in [0.29, 0.717) is 24.5 Å². The van der Waals surface area contributed by atoms with E-state index in [1.54, 1.807) is 43.8 Å². The molecule has 0 spiro atoms. The van der Waals surface area contributed by atoms with Crippen LogP contribution in [0.15, 0.2) is 54.9 Å². The molecular weight excluding hydrogens is 344 g/mol. The Hall–Kier alpha value is -3.19. The molecule has 0 atom stereocenters. The van der Waals surface area contributed by atoms with E-state index in [2.05, 4.69) is 15.5 Å². The number of aryl methyl sites for hydroxylation is 1. The molecule has 2 aromatic carbocycles. The smallest absolute Gasteiger partial charge is 0.251 e. The maximum absolute atomic E-state index is 12.4. The number of phenols is 1. The van der Waals surface area contributed by atoms with Crippen molar-refractivity contribution >= 4 is 5.91 Å². The zero-order valence-electron chi connectivity index (χ0n) is 15.1. The third kappa shape index (κ3) is 4.92. The molecule has 0 aliphatic carbocycles. The minimum atomic E-state index is -0.177. The first-order valence-electron chi connectivity index (χ1n) is 8.70. The van der Waals surface area contributed by atoms with E-state index in [-0.39, 0.29) is 11.7 Å². The number of rotatable bonds is 8. The second-order valence-corrected chi connectivity index (χ2v) is 6.10. The van der Waals surface area contributed by atoms with Gasteiger partial charge in [-0.3, -0.25) is 4.79 Å². The summed E-state index contributed by atoms with van der Waals surface area (Å²) in [5.41, 5.74) is 2.39. The van der Waals surface area contributed by atoms with Crippen molar-refractivity contribution < 1.29 is 14.6 Å². The van der Waals surface area contributed by atoms with Crippen LogP contribution in [0, 0.1) is 0 Å². The molecular formula is C20H22N4O3. The van der Waals surface area contributed by atoms with E-state index in [0.717, 1.165) is 24.1 Å². The van der Waals surface area contributed by atoms with Crippen LogP contribution < -0.4 is 5.32 Å². The number of nitrogens with one attached hydrogen (secondary N) is 1. The van der Waals surface area contributed by atoms with Gasteiger partial charge in [0.05, 0.1) is 6.54 Å². The van der Waals surface area contributed by atoms with E-state index in [1.165, 1.54) is 0 Å². The number of benzene rings is 2. The Kier molecular flexibility index (Phi) is 6.17. The number of nitrogens with zero attached hydrogens (tertiary/aromatic N) is 3. The first-order valence-corrected chi connectivity index (χ1v) is 8.70. The number of aromatic nitrogens is 3. The SMILES string of the molecule is COCCCn1cnnc1CNC(=O)c1ccc(-c2cccc(O)c2)cc1. The van der Waals surface area contributed by atoms with Crippen molar-refractivity contribution in [2.45, 2.75) is 19.5 Å². The highest BCUT2D eigenvalue weighted by Crippen LogP contribution is 2.23. The molecule has 0 saturated heterocycles. The Labute approximate surface area is 157 Å². The minimum Gasteiger partial charge on any atom is -0.508 e. The second kappa shape index (κ2) is 8.95. The first-order chi connectivity index (χ1) is 13.2. The van der Waals surface area contributed by atoms with Gasteiger partial charge in [-0.2, -0.15) is 0 Å². The van der Waals surface area contributed by atoms with Gasteiger partial charge in [-0.25, -0.2) is 0 Å². The number of aromatic hydroxyl groups is 1. The molecule has 0 aliphatic rings. The molecule has 0 unspecified atom stereocenters. The molecule has 0 aliphatic heterocycles. The standard InChI is InChI=1S/C20H22N4O3/c1-27-11-3-10-24-14-22-23-19(24)13-21-20(26)16-8-6-15(7-9-16)17-4-2-5-18(25)12-17/h2,4-9,12,14,25H,3,10-11,13H2,1H3,(H,21,26). The maximum Gasteiger partial charge on any atom is 0.251 e. The highest BCUT2D eigenvalue weighted by Gasteiger charge is 2.09. The number of methoxy groups -OCH3 is 1. The molecule has 2 N–H and O–H groups in total. The van der Waals surface area contributed by atoms with Gasteiger partial charge < -0.3 is 19.7 Å². The van der Waals surface area contributed by atoms with E-state index in [9.17, 15) is 9.90 Å². The van der Waals surface area contributed by atoms with Crippen LogP contribution in [0.5, 0.6) is 5.75 Å². The summed E-state index contributed by atoms with van der Waals surface area (Å²) in [6, 6.07) is 14.2. The van der Waals surface area contributed by atoms with Crippen LogP contribution in [0.2, 0.25) is 0 Å². The summed E-state index contributed by atoms with van der Waals surface area (Å²) in [6.45, 7) is 1.71. The third-order valence-electron chi connectivity index (χ3n) is 4.18. The van der Waals surface area contributed by atoms with Crippen molar-refractivity contribution in [3.8, 4) is 16.9 Å². The van der Waals surface area contributed by atoms with Crippen molar-refractivity contribution in [3.05, 3.63) is 66.2 Å². The summed E-state index contributed by atoms with van der Waals surface area (Å²) < 4.78 is 6.95. The lowest BCUT2D eigenvalue weighted by Crippen LogP contribution is -2.24. The fraction of sp³-hybridized carbons (Fsp3) is 0.250. The number of ether oxygens (including phenoxy) is 1. The van der Waals surface area contributed by atoms with Crippen molar-refractivity contribution in [3.63, 3.8) is 0 Å². The van der Waals surface area contributed by atoms with Crippen LogP contribution in [-0.2, 0) is 17.8 Å². The highest BCUT2D eigenvalue weighted by atomic mass is 16.5. The lowest BCUT2D eigenvalue weighted by molar-refractivity contribution is 0.0949. The highest BCUT2D eigenvalue weighted by molar-refractivity contribution is 5.94. The van der Waals surface area contributed by atoms with E-state index >= 15 is 0 Å². The van der Waals surface area contributed by atoms with E-state index < -0.39 is 0 Å². The normalized spacial score (nSPS) is 10.7. The van der Waals surface area contributed by atoms with Crippen LogP contribution in [0.25, 0.3) is 11.1 Å². The monoisotopic (exact) mass is 366 g/mol. The number of amides is 1. The Balaban J connectivity index is 1.60. The average molecular weight is 366 g/mol. The summed E-state index contributed by atoms with van der Waals surface area (Å²) >= 11 is 0. The van der Waals surface area contributed by atoms with E-state index in [1.807, 2.05) is 22.8 Å². The summed E-state index contributed by atoms with van der Waals surface area (Å²) in [5.74, 6) is 0.740. The van der Waals surface area contributed by atoms with Gasteiger partial charge in [-0.05, 0) is 41.8 Å². The summed E-state index contributed by atoms with van der Waals surface area (Å²) in [4.78, 5) is 12.4. The third-order valence-corrected chi connectivity index (χ3v) is 4.18. The molecule has 7 nitrogen and oxygen atoms in total. The second-order valence-electron chi connectivity index (χ2n) is 6.10. The molecule has 1 aromatic heterocycles. The molecule has 27 heavy (non-hydrogen) atoms. The predicted molar refractivity (Wildman–Crippen MR) is 101 cm³/mol. The van der Waals surface area contributed by atoms with E-state index in [4.69, 9.17) is 4.74 Å². The van der Waals surface area contributed by atoms with Gasteiger partial charge in [0.2, 0.25) is 0 Å². The number of carbonyl (C=O) groups is 1. The molecule has 0 fully saturated rings. The van der Waals surface area contributed by atoms with Gasteiger partial charge in [-0.1, -0.05) is 24.3 Å². The molecule has 140 valence electrons. The van der Waals surface area contributed by atoms with Crippen LogP contribution in [0.4, 0.5) is 0 Å². The predicted octanol–water partition coefficient (Wildman–Crippen LogP) is 2.62. The molecule has 3 aromatic rings. The van der Waals surface area contributed by atoms with Gasteiger partial charge in [0.1, 0.15) is 12.1 Å². The number of hydrogen-bond donors (Lipinski definition) is 2. The topological polar surface area (TPSA) is 89.3 Å². The van der Waals surface area contributed by atoms with Crippen LogP contribution >= 0.6 is 0 Å². The van der Waals surface area contributed by atoms with Gasteiger partial charge in [0, 0.05) is 25.8 Å². The minimum absolute atomic E-state index is 0.177. The maximum atomic E-state index is 12.4. The van der Waals surface area contributed by atoms with Crippen molar-refractivity contribution in [2.75, 3.05) is 13.7 Å². The summed E-state index contributed by atoms with van der Waals surface area (Å²) in [7, 11) is 1.67. The van der Waals surface area contributed by atoms with Crippen molar-refractivity contribution in [2.24, 2.45) is 0 Å². The van der Waals surface area contributed by atoms with Crippen molar-refractivity contribution in [1.82, 2.24) is 20.1 Å². The lowest BCUT2D eigenvalue weighted by atomic mass is 10.0. The Bertz CT molecular complexity index is 890. The zero-order valence-corrected chi connectivity index (χ0v) is 15.1. The molecule has 3 rings (SSSR count). The fourth-order valence-electron chi connectivity index (χ4n) is 2.74. The van der Waals surface area contributed by atoms with Gasteiger partial charge in [-0.15, -0.1) is 10.2 Å². The van der Waals surface area contributed by atoms with Gasteiger partial charge in [0.15, 0.2) is 5.82 Å². The van der Waals surface area contributed by atoms with Crippen molar-refractivity contribution in [1.29, 1.82) is 0 Å². The quantitative estimate of drug-likeness (QED) is 0.598. The number of phenolic OH excluding ortho intramolecular Hbond substituents is 1. The van der Waals surface area contributed by atoms with Gasteiger partial charge >= 0.3 is 0 Å². The van der Waals surface area contributed by atoms with Crippen LogP contribution in [0.3, 0.4) is 0 Å². The average Bonchev–Trinajstić information content (AvgIpc) is 3.14. The Morgan fingerprint density at radius 2 is 2.00 bits per heavy atom. The molecule has 1 amide bonds. The summed E-state index contributed by atoms with van der Waals surface area (Å²) in [6.07, 6.45) is 2.51. The van der Waals surface area contributed by atoms with Crippen LogP contribution in [-0.4, -0.2) is 39.5 Å². The zero-order chi connectivity index (χ0) is 19.1. The van der Waals surface area contributed by atoms with Crippen LogP contribution in [0.1, 0.15) is 22.6 Å². The molecule has 0 bridgehead atoms. The summed E-state index contributed by atoms with van der Waals surface area (Å²) in [5, 5.41) is 20.4.